The second kappa shape index (κ2) is 26.0. The van der Waals surface area contributed by atoms with Crippen molar-refractivity contribution in [1.29, 1.82) is 0 Å². The van der Waals surface area contributed by atoms with Crippen molar-refractivity contribution in [3.8, 4) is 0 Å². The molecule has 33 heavy (non-hydrogen) atoms. The van der Waals surface area contributed by atoms with Gasteiger partial charge in [0.05, 0.1) is 12.7 Å². The minimum atomic E-state index is -0.803. The van der Waals surface area contributed by atoms with E-state index in [1.165, 1.54) is 103 Å². The van der Waals surface area contributed by atoms with Crippen molar-refractivity contribution in [2.75, 3.05) is 13.2 Å². The quantitative estimate of drug-likeness (QED) is 0.108. The average Bonchev–Trinajstić information content (AvgIpc) is 2.80. The lowest BCUT2D eigenvalue weighted by molar-refractivity contribution is -0.137. The predicted molar refractivity (Wildman–Crippen MR) is 138 cm³/mol. The summed E-state index contributed by atoms with van der Waals surface area (Å²) in [5.41, 5.74) is 0. The Balaban J connectivity index is 3.34. The van der Waals surface area contributed by atoms with Crippen molar-refractivity contribution >= 4 is 5.97 Å². The minimum Gasteiger partial charge on any atom is -0.481 e. The number of aliphatic hydroxyl groups is 2. The highest BCUT2D eigenvalue weighted by Gasteiger charge is 2.18. The fourth-order valence-corrected chi connectivity index (χ4v) is 4.34. The standard InChI is InChI=1S/C28H56O5/c1-2-3-4-5-6-7-8-9-10-11-12-13-14-15-16-17-18-19-22-26(30)27(25-29)33-24-21-20-23-28(31)32/h26-27,29-30H,2-25H2,1H3,(H,31,32)/t26-,27-/m0/s1. The van der Waals surface area contributed by atoms with E-state index in [1.807, 2.05) is 0 Å². The Morgan fingerprint density at radius 1 is 0.667 bits per heavy atom. The average molecular weight is 473 g/mol. The summed E-state index contributed by atoms with van der Waals surface area (Å²) < 4.78 is 5.53. The molecule has 0 heterocycles. The maximum Gasteiger partial charge on any atom is 0.303 e. The molecular formula is C28H56O5. The summed E-state index contributed by atoms with van der Waals surface area (Å²) in [5, 5.41) is 28.2. The number of carboxylic acid groups (broad SMARTS) is 1. The summed E-state index contributed by atoms with van der Waals surface area (Å²) in [5.74, 6) is -0.803. The number of aliphatic carboxylic acids is 1. The van der Waals surface area contributed by atoms with Gasteiger partial charge in [0.25, 0.3) is 0 Å². The molecule has 0 bridgehead atoms. The zero-order valence-electron chi connectivity index (χ0n) is 21.8. The van der Waals surface area contributed by atoms with Crippen LogP contribution in [-0.4, -0.2) is 46.7 Å². The Bertz CT molecular complexity index is 402. The molecule has 0 radical (unpaired) electrons. The third kappa shape index (κ3) is 24.3. The molecule has 198 valence electrons. The lowest BCUT2D eigenvalue weighted by Crippen LogP contribution is -2.32. The third-order valence-electron chi connectivity index (χ3n) is 6.58. The predicted octanol–water partition coefficient (Wildman–Crippen LogP) is 7.41. The summed E-state index contributed by atoms with van der Waals surface area (Å²) in [7, 11) is 0. The van der Waals surface area contributed by atoms with Crippen molar-refractivity contribution in [2.45, 2.75) is 160 Å². The van der Waals surface area contributed by atoms with Gasteiger partial charge in [0.2, 0.25) is 0 Å². The van der Waals surface area contributed by atoms with Crippen LogP contribution in [0.3, 0.4) is 0 Å². The first-order valence-electron chi connectivity index (χ1n) is 14.2. The molecule has 5 nitrogen and oxygen atoms in total. The van der Waals surface area contributed by atoms with E-state index in [1.54, 1.807) is 0 Å². The minimum absolute atomic E-state index is 0.134. The Morgan fingerprint density at radius 3 is 1.48 bits per heavy atom. The van der Waals surface area contributed by atoms with E-state index >= 15 is 0 Å². The first kappa shape index (κ1) is 32.4. The van der Waals surface area contributed by atoms with Gasteiger partial charge in [0, 0.05) is 13.0 Å². The van der Waals surface area contributed by atoms with Crippen molar-refractivity contribution < 1.29 is 24.9 Å². The summed E-state index contributed by atoms with van der Waals surface area (Å²) >= 11 is 0. The monoisotopic (exact) mass is 472 g/mol. The summed E-state index contributed by atoms with van der Waals surface area (Å²) in [6, 6.07) is 0. The highest BCUT2D eigenvalue weighted by Crippen LogP contribution is 2.16. The van der Waals surface area contributed by atoms with E-state index < -0.39 is 18.2 Å². The topological polar surface area (TPSA) is 87.0 Å². The smallest absolute Gasteiger partial charge is 0.303 e. The summed E-state index contributed by atoms with van der Waals surface area (Å²) in [6.45, 7) is 2.47. The maximum absolute atomic E-state index is 10.5. The molecule has 0 spiro atoms. The number of ether oxygens (including phenoxy) is 1. The zero-order valence-corrected chi connectivity index (χ0v) is 21.8. The van der Waals surface area contributed by atoms with Gasteiger partial charge in [-0.2, -0.15) is 0 Å². The number of hydrogen-bond acceptors (Lipinski definition) is 4. The molecule has 2 atom stereocenters. The Labute approximate surface area is 204 Å². The molecule has 0 aromatic carbocycles. The molecule has 0 aliphatic heterocycles. The van der Waals surface area contributed by atoms with Crippen molar-refractivity contribution in [3.05, 3.63) is 0 Å². The van der Waals surface area contributed by atoms with Gasteiger partial charge in [-0.15, -0.1) is 0 Å². The Morgan fingerprint density at radius 2 is 1.09 bits per heavy atom. The molecule has 0 aromatic rings. The molecule has 0 fully saturated rings. The number of rotatable bonds is 27. The van der Waals surface area contributed by atoms with Gasteiger partial charge < -0.3 is 20.1 Å². The lowest BCUT2D eigenvalue weighted by atomic mass is 10.0. The largest absolute Gasteiger partial charge is 0.481 e. The molecule has 0 aliphatic rings. The van der Waals surface area contributed by atoms with Gasteiger partial charge in [0.15, 0.2) is 0 Å². The van der Waals surface area contributed by atoms with Gasteiger partial charge in [-0.3, -0.25) is 4.79 Å². The number of carboxylic acids is 1. The van der Waals surface area contributed by atoms with Crippen LogP contribution in [0, 0.1) is 0 Å². The van der Waals surface area contributed by atoms with Crippen molar-refractivity contribution in [2.24, 2.45) is 0 Å². The zero-order chi connectivity index (χ0) is 24.4. The van der Waals surface area contributed by atoms with Crippen molar-refractivity contribution in [3.63, 3.8) is 0 Å². The van der Waals surface area contributed by atoms with E-state index in [2.05, 4.69) is 6.92 Å². The Kier molecular flexibility index (Phi) is 25.5. The molecule has 0 unspecified atom stereocenters. The highest BCUT2D eigenvalue weighted by molar-refractivity contribution is 5.66. The number of hydrogen-bond donors (Lipinski definition) is 3. The highest BCUT2D eigenvalue weighted by atomic mass is 16.5. The molecule has 0 saturated carbocycles. The molecule has 0 amide bonds. The van der Waals surface area contributed by atoms with Gasteiger partial charge in [-0.25, -0.2) is 0 Å². The fourth-order valence-electron chi connectivity index (χ4n) is 4.34. The molecule has 0 aliphatic carbocycles. The van der Waals surface area contributed by atoms with E-state index in [0.29, 0.717) is 25.9 Å². The van der Waals surface area contributed by atoms with E-state index in [0.717, 1.165) is 12.8 Å². The van der Waals surface area contributed by atoms with Crippen LogP contribution in [0.1, 0.15) is 148 Å². The molecular weight excluding hydrogens is 416 g/mol. The maximum atomic E-state index is 10.5. The second-order valence-corrected chi connectivity index (χ2v) is 9.81. The van der Waals surface area contributed by atoms with Gasteiger partial charge >= 0.3 is 5.97 Å². The summed E-state index contributed by atoms with van der Waals surface area (Å²) in [6.07, 6.45) is 24.9. The molecule has 5 heteroatoms. The lowest BCUT2D eigenvalue weighted by Gasteiger charge is -2.21. The number of carbonyl (C=O) groups is 1. The normalized spacial score (nSPS) is 13.3. The van der Waals surface area contributed by atoms with Gasteiger partial charge in [0.1, 0.15) is 6.10 Å². The van der Waals surface area contributed by atoms with E-state index in [-0.39, 0.29) is 13.0 Å². The first-order valence-corrected chi connectivity index (χ1v) is 14.2. The second-order valence-electron chi connectivity index (χ2n) is 9.81. The van der Waals surface area contributed by atoms with Crippen LogP contribution in [0.2, 0.25) is 0 Å². The SMILES string of the molecule is CCCCCCCCCCCCCCCCCCCC[C@H](O)[C@H](CO)OCCCCC(=O)O. The van der Waals surface area contributed by atoms with Crippen LogP contribution in [-0.2, 0) is 9.53 Å². The van der Waals surface area contributed by atoms with E-state index in [4.69, 9.17) is 9.84 Å². The van der Waals surface area contributed by atoms with Gasteiger partial charge in [-0.05, 0) is 19.3 Å². The number of unbranched alkanes of at least 4 members (excludes halogenated alkanes) is 18. The first-order chi connectivity index (χ1) is 16.1. The molecule has 0 rings (SSSR count). The van der Waals surface area contributed by atoms with Crippen LogP contribution in [0.4, 0.5) is 0 Å². The Hall–Kier alpha value is -0.650. The van der Waals surface area contributed by atoms with Crippen LogP contribution in [0.25, 0.3) is 0 Å². The third-order valence-corrected chi connectivity index (χ3v) is 6.58. The van der Waals surface area contributed by atoms with Crippen LogP contribution in [0.5, 0.6) is 0 Å². The van der Waals surface area contributed by atoms with E-state index in [9.17, 15) is 15.0 Å². The van der Waals surface area contributed by atoms with Crippen molar-refractivity contribution in [1.82, 2.24) is 0 Å². The van der Waals surface area contributed by atoms with Crippen LogP contribution < -0.4 is 0 Å². The van der Waals surface area contributed by atoms with Gasteiger partial charge in [-0.1, -0.05) is 122 Å². The molecule has 3 N–H and O–H groups in total. The van der Waals surface area contributed by atoms with Crippen LogP contribution in [0.15, 0.2) is 0 Å². The fraction of sp³-hybridized carbons (Fsp3) is 0.964. The van der Waals surface area contributed by atoms with Crippen LogP contribution >= 0.6 is 0 Å². The molecule has 0 aromatic heterocycles. The molecule has 0 saturated heterocycles. The number of aliphatic hydroxyl groups excluding tert-OH is 2. The summed E-state index contributed by atoms with van der Waals surface area (Å²) in [4.78, 5) is 10.5.